The van der Waals surface area contributed by atoms with Gasteiger partial charge in [0, 0.05) is 37.3 Å². The van der Waals surface area contributed by atoms with Crippen LogP contribution < -0.4 is 5.56 Å². The van der Waals surface area contributed by atoms with Gasteiger partial charge in [-0.25, -0.2) is 9.37 Å². The zero-order valence-electron chi connectivity index (χ0n) is 15.8. The summed E-state index contributed by atoms with van der Waals surface area (Å²) in [5, 5.41) is 0. The van der Waals surface area contributed by atoms with E-state index in [0.717, 1.165) is 29.4 Å². The highest BCUT2D eigenvalue weighted by molar-refractivity contribution is 5.92. The van der Waals surface area contributed by atoms with E-state index in [4.69, 9.17) is 0 Å². The number of fused-ring (bicyclic) bond motifs is 4. The first-order valence-corrected chi connectivity index (χ1v) is 9.79. The number of halogens is 1. The summed E-state index contributed by atoms with van der Waals surface area (Å²) in [5.41, 5.74) is 3.16. The molecule has 0 aliphatic carbocycles. The van der Waals surface area contributed by atoms with Crippen molar-refractivity contribution in [2.45, 2.75) is 18.9 Å². The van der Waals surface area contributed by atoms with Crippen LogP contribution >= 0.6 is 0 Å². The maximum Gasteiger partial charge on any atom is 0.272 e. The number of likely N-dealkylation sites (tertiary alicyclic amines) is 1. The van der Waals surface area contributed by atoms with Crippen molar-refractivity contribution in [2.24, 2.45) is 5.92 Å². The van der Waals surface area contributed by atoms with Crippen molar-refractivity contribution < 1.29 is 9.18 Å². The fourth-order valence-electron chi connectivity index (χ4n) is 4.59. The summed E-state index contributed by atoms with van der Waals surface area (Å²) in [4.78, 5) is 31.4. The van der Waals surface area contributed by atoms with Gasteiger partial charge in [0.1, 0.15) is 11.5 Å². The van der Waals surface area contributed by atoms with Crippen LogP contribution in [0.2, 0.25) is 0 Å². The summed E-state index contributed by atoms with van der Waals surface area (Å²) in [5.74, 6) is -0.317. The van der Waals surface area contributed by atoms with Crippen molar-refractivity contribution in [1.82, 2.24) is 14.5 Å². The topological polar surface area (TPSA) is 55.2 Å². The predicted molar refractivity (Wildman–Crippen MR) is 107 cm³/mol. The number of carbonyl (C=O) groups is 1. The molecule has 2 aromatic heterocycles. The van der Waals surface area contributed by atoms with Crippen LogP contribution in [0.5, 0.6) is 0 Å². The zero-order chi connectivity index (χ0) is 20.0. The van der Waals surface area contributed by atoms with Gasteiger partial charge in [0.05, 0.1) is 6.20 Å². The van der Waals surface area contributed by atoms with Crippen LogP contribution in [0.25, 0.3) is 11.1 Å². The molecule has 2 bridgehead atoms. The highest BCUT2D eigenvalue weighted by Gasteiger charge is 2.37. The van der Waals surface area contributed by atoms with E-state index in [1.807, 2.05) is 34.9 Å². The maximum atomic E-state index is 13.1. The molecule has 1 saturated heterocycles. The number of rotatable bonds is 2. The number of piperidine rings is 1. The number of benzene rings is 1. The van der Waals surface area contributed by atoms with Gasteiger partial charge in [-0.1, -0.05) is 30.3 Å². The van der Waals surface area contributed by atoms with Gasteiger partial charge in [-0.3, -0.25) is 9.59 Å². The molecule has 2 atom stereocenters. The Morgan fingerprint density at radius 1 is 1.00 bits per heavy atom. The minimum absolute atomic E-state index is 0.0102. The largest absolute Gasteiger partial charge is 0.336 e. The molecule has 1 fully saturated rings. The lowest BCUT2D eigenvalue weighted by atomic mass is 9.82. The van der Waals surface area contributed by atoms with Crippen LogP contribution in [0.1, 0.15) is 28.5 Å². The molecular formula is C23H20FN3O2. The van der Waals surface area contributed by atoms with E-state index in [0.29, 0.717) is 19.6 Å². The zero-order valence-corrected chi connectivity index (χ0v) is 15.8. The number of aromatic nitrogens is 2. The third-order valence-electron chi connectivity index (χ3n) is 5.90. The van der Waals surface area contributed by atoms with Crippen LogP contribution in [0, 0.1) is 11.7 Å². The molecule has 3 aromatic rings. The molecule has 0 radical (unpaired) electrons. The van der Waals surface area contributed by atoms with Crippen LogP contribution in [0.3, 0.4) is 0 Å². The highest BCUT2D eigenvalue weighted by atomic mass is 19.1. The van der Waals surface area contributed by atoms with Gasteiger partial charge in [-0.05, 0) is 41.7 Å². The van der Waals surface area contributed by atoms with Crippen molar-refractivity contribution in [3.8, 4) is 11.1 Å². The molecular weight excluding hydrogens is 369 g/mol. The summed E-state index contributed by atoms with van der Waals surface area (Å²) in [6.45, 7) is 1.73. The van der Waals surface area contributed by atoms with Crippen molar-refractivity contribution in [3.05, 3.63) is 88.4 Å². The van der Waals surface area contributed by atoms with Crippen LogP contribution in [-0.2, 0) is 6.54 Å². The molecule has 4 heterocycles. The lowest BCUT2D eigenvalue weighted by Crippen LogP contribution is -2.49. The monoisotopic (exact) mass is 389 g/mol. The van der Waals surface area contributed by atoms with Crippen LogP contribution in [0.15, 0.2) is 65.6 Å². The number of amides is 1. The Morgan fingerprint density at radius 2 is 1.83 bits per heavy atom. The number of nitrogens with zero attached hydrogens (tertiary/aromatic N) is 3. The minimum Gasteiger partial charge on any atom is -0.336 e. The first kappa shape index (κ1) is 17.8. The van der Waals surface area contributed by atoms with Gasteiger partial charge >= 0.3 is 0 Å². The second kappa shape index (κ2) is 6.95. The second-order valence-electron chi connectivity index (χ2n) is 7.85. The standard InChI is InChI=1S/C23H20FN3O2/c24-19-6-7-20(25-11-19)23(29)26-12-15-8-18(14-26)21-9-17(10-22(28)27(21)13-15)16-4-2-1-3-5-16/h1-7,9-11,15,18H,8,12-14H2/t15-,18+/m0/s1. The molecule has 0 saturated carbocycles. The Morgan fingerprint density at radius 3 is 2.59 bits per heavy atom. The molecule has 0 unspecified atom stereocenters. The molecule has 1 amide bonds. The van der Waals surface area contributed by atoms with Gasteiger partial charge in [-0.15, -0.1) is 0 Å². The van der Waals surface area contributed by atoms with E-state index in [9.17, 15) is 14.0 Å². The maximum absolute atomic E-state index is 13.1. The molecule has 2 aliphatic heterocycles. The van der Waals surface area contributed by atoms with E-state index in [-0.39, 0.29) is 29.0 Å². The first-order chi connectivity index (χ1) is 14.1. The van der Waals surface area contributed by atoms with Gasteiger partial charge in [-0.2, -0.15) is 0 Å². The van der Waals surface area contributed by atoms with Gasteiger partial charge < -0.3 is 9.47 Å². The minimum atomic E-state index is -0.459. The van der Waals surface area contributed by atoms with Crippen molar-refractivity contribution in [2.75, 3.05) is 13.1 Å². The lowest BCUT2D eigenvalue weighted by molar-refractivity contribution is 0.0589. The Hall–Kier alpha value is -3.28. The summed E-state index contributed by atoms with van der Waals surface area (Å²) in [7, 11) is 0. The predicted octanol–water partition coefficient (Wildman–Crippen LogP) is 3.31. The highest BCUT2D eigenvalue weighted by Crippen LogP contribution is 2.36. The van der Waals surface area contributed by atoms with E-state index in [2.05, 4.69) is 11.1 Å². The van der Waals surface area contributed by atoms with Crippen LogP contribution in [0.4, 0.5) is 4.39 Å². The van der Waals surface area contributed by atoms with E-state index in [1.165, 1.54) is 12.1 Å². The van der Waals surface area contributed by atoms with Crippen molar-refractivity contribution >= 4 is 5.91 Å². The fraction of sp³-hybridized carbons (Fsp3) is 0.261. The summed E-state index contributed by atoms with van der Waals surface area (Å²) in [6, 6.07) is 16.3. The summed E-state index contributed by atoms with van der Waals surface area (Å²) >= 11 is 0. The van der Waals surface area contributed by atoms with Crippen molar-refractivity contribution in [3.63, 3.8) is 0 Å². The van der Waals surface area contributed by atoms with Gasteiger partial charge in [0.25, 0.3) is 11.5 Å². The second-order valence-corrected chi connectivity index (χ2v) is 7.85. The molecule has 5 nitrogen and oxygen atoms in total. The Labute approximate surface area is 167 Å². The molecule has 0 spiro atoms. The molecule has 0 N–H and O–H groups in total. The Bertz CT molecular complexity index is 1130. The first-order valence-electron chi connectivity index (χ1n) is 9.79. The smallest absolute Gasteiger partial charge is 0.272 e. The Balaban J connectivity index is 1.48. The Kier molecular flexibility index (Phi) is 4.27. The number of pyridine rings is 2. The van der Waals surface area contributed by atoms with E-state index < -0.39 is 5.82 Å². The van der Waals surface area contributed by atoms with Crippen LogP contribution in [-0.4, -0.2) is 33.4 Å². The lowest BCUT2D eigenvalue weighted by Gasteiger charge is -2.42. The molecule has 6 heteroatoms. The third kappa shape index (κ3) is 3.24. The van der Waals surface area contributed by atoms with Gasteiger partial charge in [0.2, 0.25) is 0 Å². The molecule has 5 rings (SSSR count). The summed E-state index contributed by atoms with van der Waals surface area (Å²) < 4.78 is 15.0. The SMILES string of the molecule is O=C(c1ccc(F)cn1)N1C[C@@H]2C[C@H](C1)c1cc(-c3ccccc3)cc(=O)n1C2. The average molecular weight is 389 g/mol. The molecule has 1 aromatic carbocycles. The molecule has 146 valence electrons. The van der Waals surface area contributed by atoms with Crippen molar-refractivity contribution in [1.29, 1.82) is 0 Å². The third-order valence-corrected chi connectivity index (χ3v) is 5.90. The fourth-order valence-corrected chi connectivity index (χ4v) is 4.59. The average Bonchev–Trinajstić information content (AvgIpc) is 2.75. The summed E-state index contributed by atoms with van der Waals surface area (Å²) in [6.07, 6.45) is 2.03. The quantitative estimate of drug-likeness (QED) is 0.676. The van der Waals surface area contributed by atoms with E-state index in [1.54, 1.807) is 11.0 Å². The molecule has 2 aliphatic rings. The normalized spacial score (nSPS) is 20.2. The van der Waals surface area contributed by atoms with E-state index >= 15 is 0 Å². The number of hydrogen-bond acceptors (Lipinski definition) is 3. The number of carbonyl (C=O) groups excluding carboxylic acids is 1. The number of hydrogen-bond donors (Lipinski definition) is 0. The molecule has 29 heavy (non-hydrogen) atoms. The van der Waals surface area contributed by atoms with Gasteiger partial charge in [0.15, 0.2) is 0 Å².